The van der Waals surface area contributed by atoms with Crippen molar-refractivity contribution in [2.24, 2.45) is 4.99 Å². The number of aryl methyl sites for hydroxylation is 3. The van der Waals surface area contributed by atoms with Crippen molar-refractivity contribution >= 4 is 80.1 Å². The molecule has 0 aliphatic carbocycles. The number of hydrogen-bond acceptors (Lipinski definition) is 8. The Balaban J connectivity index is 1.77. The topological polar surface area (TPSA) is 92.9 Å². The highest BCUT2D eigenvalue weighted by Crippen LogP contribution is 2.37. The molecule has 0 saturated heterocycles. The zero-order chi connectivity index (χ0) is 27.6. The molecule has 0 aliphatic rings. The Kier molecular flexibility index (Phi) is 9.05. The molecule has 3 aromatic heterocycles. The molecule has 0 bridgehead atoms. The summed E-state index contributed by atoms with van der Waals surface area (Å²) in [5.74, 6) is 3.04. The number of aliphatic imine (C=N–C) groups is 1. The minimum atomic E-state index is 0.480. The van der Waals surface area contributed by atoms with Crippen molar-refractivity contribution in [2.45, 2.75) is 53.4 Å². The second kappa shape index (κ2) is 12.1. The van der Waals surface area contributed by atoms with E-state index in [9.17, 15) is 0 Å². The van der Waals surface area contributed by atoms with Crippen LogP contribution in [0.25, 0.3) is 11.2 Å². The van der Waals surface area contributed by atoms with Crippen LogP contribution in [0.4, 0.5) is 23.0 Å². The number of imidazole rings is 1. The summed E-state index contributed by atoms with van der Waals surface area (Å²) in [5, 5.41) is 7.02. The minimum Gasteiger partial charge on any atom is -0.353 e. The highest BCUT2D eigenvalue weighted by molar-refractivity contribution is 14.2. The quantitative estimate of drug-likeness (QED) is 0.0852. The molecule has 0 spiro atoms. The van der Waals surface area contributed by atoms with Gasteiger partial charge in [-0.15, -0.1) is 11.8 Å². The third kappa shape index (κ3) is 6.35. The fourth-order valence-corrected chi connectivity index (χ4v) is 6.65. The fraction of sp³-hybridized carbons (Fsp3) is 0.296. The SMILES string of the molecule is CSc1cc(C(C)=NC(C)=C(C)C)ccc1Nc1cc(Nc2cc(C)nc(C)n2)nc2c1nc(C)n2PI. The van der Waals surface area contributed by atoms with E-state index >= 15 is 0 Å². The van der Waals surface area contributed by atoms with E-state index in [-0.39, 0.29) is 0 Å². The number of nitrogens with zero attached hydrogens (tertiary/aromatic N) is 6. The van der Waals surface area contributed by atoms with Gasteiger partial charge in [0.1, 0.15) is 28.8 Å². The number of thioether (sulfide) groups is 1. The highest BCUT2D eigenvalue weighted by Gasteiger charge is 2.17. The van der Waals surface area contributed by atoms with Crippen LogP contribution >= 0.6 is 40.2 Å². The minimum absolute atomic E-state index is 0.480. The maximum absolute atomic E-state index is 4.91. The van der Waals surface area contributed by atoms with Crippen LogP contribution in [0, 0.1) is 20.8 Å². The van der Waals surface area contributed by atoms with E-state index in [1.807, 2.05) is 39.8 Å². The summed E-state index contributed by atoms with van der Waals surface area (Å²) in [6, 6.07) is 10.3. The van der Waals surface area contributed by atoms with Gasteiger partial charge in [-0.1, -0.05) is 11.6 Å². The summed E-state index contributed by atoms with van der Waals surface area (Å²) < 4.78 is 2.13. The second-order valence-corrected chi connectivity index (χ2v) is 12.1. The number of fused-ring (bicyclic) bond motifs is 1. The smallest absolute Gasteiger partial charge is 0.168 e. The van der Waals surface area contributed by atoms with E-state index in [1.165, 1.54) is 5.57 Å². The first-order chi connectivity index (χ1) is 18.1. The second-order valence-electron chi connectivity index (χ2n) is 9.20. The largest absolute Gasteiger partial charge is 0.353 e. The van der Waals surface area contributed by atoms with Crippen molar-refractivity contribution in [3.63, 3.8) is 0 Å². The molecule has 1 unspecified atom stereocenters. The van der Waals surface area contributed by atoms with Gasteiger partial charge in [0.05, 0.1) is 17.7 Å². The van der Waals surface area contributed by atoms with Crippen LogP contribution in [0.15, 0.2) is 51.5 Å². The average Bonchev–Trinajstić information content (AvgIpc) is 3.18. The van der Waals surface area contributed by atoms with Gasteiger partial charge >= 0.3 is 0 Å². The summed E-state index contributed by atoms with van der Waals surface area (Å²) in [7, 11) is 0. The monoisotopic (exact) mass is 658 g/mol. The van der Waals surface area contributed by atoms with Crippen LogP contribution in [-0.4, -0.2) is 36.2 Å². The number of aromatic nitrogens is 5. The lowest BCUT2D eigenvalue weighted by Crippen LogP contribution is -2.03. The van der Waals surface area contributed by atoms with E-state index in [4.69, 9.17) is 15.0 Å². The molecule has 3 heterocycles. The van der Waals surface area contributed by atoms with E-state index < -0.39 is 0 Å². The number of benzene rings is 1. The van der Waals surface area contributed by atoms with Crippen molar-refractivity contribution in [1.29, 1.82) is 0 Å². The third-order valence-corrected chi connectivity index (χ3v) is 8.97. The van der Waals surface area contributed by atoms with Gasteiger partial charge in [0, 0.05) is 34.1 Å². The summed E-state index contributed by atoms with van der Waals surface area (Å²) in [5.41, 5.74) is 8.80. The normalized spacial score (nSPS) is 12.0. The van der Waals surface area contributed by atoms with Crippen molar-refractivity contribution in [2.75, 3.05) is 16.9 Å². The first-order valence-corrected chi connectivity index (χ1v) is 17.4. The Morgan fingerprint density at radius 1 is 0.921 bits per heavy atom. The van der Waals surface area contributed by atoms with Gasteiger partial charge in [0.15, 0.2) is 5.65 Å². The van der Waals surface area contributed by atoms with Crippen LogP contribution in [0.2, 0.25) is 0 Å². The molecule has 198 valence electrons. The van der Waals surface area contributed by atoms with Gasteiger partial charge in [-0.05, 0) is 94.5 Å². The molecule has 4 rings (SSSR count). The van der Waals surface area contributed by atoms with Gasteiger partial charge in [-0.2, -0.15) is 0 Å². The molecule has 2 N–H and O–H groups in total. The van der Waals surface area contributed by atoms with Crippen LogP contribution in [-0.2, 0) is 0 Å². The predicted octanol–water partition coefficient (Wildman–Crippen LogP) is 8.27. The van der Waals surface area contributed by atoms with E-state index in [0.717, 1.165) is 55.9 Å². The first-order valence-electron chi connectivity index (χ1n) is 12.1. The van der Waals surface area contributed by atoms with Crippen LogP contribution in [0.5, 0.6) is 0 Å². The maximum atomic E-state index is 4.91. The van der Waals surface area contributed by atoms with Crippen LogP contribution in [0.1, 0.15) is 50.6 Å². The maximum Gasteiger partial charge on any atom is 0.168 e. The Morgan fingerprint density at radius 3 is 2.32 bits per heavy atom. The number of pyridine rings is 1. The van der Waals surface area contributed by atoms with Gasteiger partial charge in [0.25, 0.3) is 0 Å². The summed E-state index contributed by atoms with van der Waals surface area (Å²) >= 11 is 4.06. The number of halogens is 1. The number of anilines is 4. The number of hydrogen-bond donors (Lipinski definition) is 2. The van der Waals surface area contributed by atoms with E-state index in [0.29, 0.717) is 23.8 Å². The number of rotatable bonds is 8. The third-order valence-electron chi connectivity index (χ3n) is 6.04. The van der Waals surface area contributed by atoms with Crippen LogP contribution < -0.4 is 10.6 Å². The molecule has 4 aromatic rings. The van der Waals surface area contributed by atoms with Crippen molar-refractivity contribution < 1.29 is 0 Å². The molecule has 1 aromatic carbocycles. The van der Waals surface area contributed by atoms with Gasteiger partial charge in [-0.3, -0.25) is 9.33 Å². The average molecular weight is 659 g/mol. The molecule has 0 saturated carbocycles. The number of allylic oxidation sites excluding steroid dienone is 2. The molecule has 0 fully saturated rings. The van der Waals surface area contributed by atoms with Crippen molar-refractivity contribution in [3.8, 4) is 0 Å². The van der Waals surface area contributed by atoms with Crippen molar-refractivity contribution in [3.05, 3.63) is 64.5 Å². The number of nitrogens with one attached hydrogen (secondary N) is 2. The van der Waals surface area contributed by atoms with Gasteiger partial charge < -0.3 is 10.6 Å². The predicted molar refractivity (Wildman–Crippen MR) is 173 cm³/mol. The molecular formula is C27H32IN8PS. The zero-order valence-electron chi connectivity index (χ0n) is 22.9. The molecule has 8 nitrogen and oxygen atoms in total. The molecule has 0 aliphatic heterocycles. The Labute approximate surface area is 243 Å². The standard InChI is InChI=1S/C27H32IN8PS/c1-14(2)16(4)30-17(5)20-9-10-21(23(12-20)38-8)33-22-13-25(34-24-11-15(3)29-18(6)31-24)35-27-26(22)32-19(7)36(27)37-28/h9-13,37H,1-8H3,(H2,29,31,33,34,35). The lowest BCUT2D eigenvalue weighted by Gasteiger charge is -2.15. The summed E-state index contributed by atoms with van der Waals surface area (Å²) in [6.45, 7) is 14.1. The Bertz CT molecular complexity index is 1550. The molecule has 0 amide bonds. The van der Waals surface area contributed by atoms with Crippen LogP contribution in [0.3, 0.4) is 0 Å². The Hall–Kier alpha value is -2.56. The van der Waals surface area contributed by atoms with Gasteiger partial charge in [-0.25, -0.2) is 19.9 Å². The first kappa shape index (κ1) is 28.4. The Morgan fingerprint density at radius 2 is 1.66 bits per heavy atom. The zero-order valence-corrected chi connectivity index (χ0v) is 26.8. The lowest BCUT2D eigenvalue weighted by molar-refractivity contribution is 1.01. The molecule has 0 radical (unpaired) electrons. The molecular weight excluding hydrogens is 626 g/mol. The van der Waals surface area contributed by atoms with Crippen molar-refractivity contribution in [1.82, 2.24) is 24.3 Å². The highest BCUT2D eigenvalue weighted by atomic mass is 127. The molecule has 1 atom stereocenters. The summed E-state index contributed by atoms with van der Waals surface area (Å²) in [6.07, 6.45) is 2.57. The molecule has 38 heavy (non-hydrogen) atoms. The lowest BCUT2D eigenvalue weighted by atomic mass is 10.1. The van der Waals surface area contributed by atoms with Gasteiger partial charge in [0.2, 0.25) is 0 Å². The van der Waals surface area contributed by atoms with E-state index in [2.05, 4.69) is 92.2 Å². The summed E-state index contributed by atoms with van der Waals surface area (Å²) in [4.78, 5) is 24.6. The fourth-order valence-electron chi connectivity index (χ4n) is 3.92. The van der Waals surface area contributed by atoms with E-state index in [1.54, 1.807) is 11.8 Å². The molecule has 11 heteroatoms.